The molecule has 0 aliphatic heterocycles. The fourth-order valence-corrected chi connectivity index (χ4v) is 1.12. The molecule has 0 unspecified atom stereocenters. The quantitative estimate of drug-likeness (QED) is 0.379. The Labute approximate surface area is 137 Å². The zero-order valence-corrected chi connectivity index (χ0v) is 14.4. The summed E-state index contributed by atoms with van der Waals surface area (Å²) in [6, 6.07) is 0. The first kappa shape index (κ1) is 24.2. The molecule has 0 bridgehead atoms. The van der Waals surface area contributed by atoms with E-state index in [-0.39, 0.29) is 88.7 Å². The molecule has 0 amide bonds. The van der Waals surface area contributed by atoms with Gasteiger partial charge in [0.2, 0.25) is 0 Å². The Morgan fingerprint density at radius 1 is 0.750 bits per heavy atom. The summed E-state index contributed by atoms with van der Waals surface area (Å²) in [5, 5.41) is 0. The summed E-state index contributed by atoms with van der Waals surface area (Å²) in [6.45, 7) is 0. The number of hydrogen-bond acceptors (Lipinski definition) is 6. The van der Waals surface area contributed by atoms with Gasteiger partial charge in [-0.05, 0) is 0 Å². The third-order valence-electron chi connectivity index (χ3n) is 0.204. The molecule has 0 aromatic rings. The van der Waals surface area contributed by atoms with Crippen molar-refractivity contribution in [2.24, 2.45) is 0 Å². The zero-order chi connectivity index (χ0) is 7.71. The van der Waals surface area contributed by atoms with Crippen molar-refractivity contribution in [3.05, 3.63) is 0 Å². The van der Waals surface area contributed by atoms with Crippen LogP contribution in [0.1, 0.15) is 0 Å². The van der Waals surface area contributed by atoms with Gasteiger partial charge in [0.05, 0.1) is 0 Å². The number of nitrogens with one attached hydrogen (secondary N) is 1. The van der Waals surface area contributed by atoms with E-state index in [1.807, 2.05) is 0 Å². The minimum absolute atomic E-state index is 0. The maximum atomic E-state index is 9.40. The number of hydrogen-bond donors (Lipinski definition) is 1. The van der Waals surface area contributed by atoms with Crippen LogP contribution in [0.5, 0.6) is 0 Å². The van der Waals surface area contributed by atoms with Gasteiger partial charge >= 0.3 is 88.7 Å². The van der Waals surface area contributed by atoms with E-state index in [9.17, 15) is 25.9 Å². The summed E-state index contributed by atoms with van der Waals surface area (Å²) >= 11 is 0. The van der Waals surface area contributed by atoms with Gasteiger partial charge in [0, 0.05) is 0 Å². The van der Waals surface area contributed by atoms with Crippen molar-refractivity contribution in [2.75, 3.05) is 0 Å². The molecule has 0 radical (unpaired) electrons. The van der Waals surface area contributed by atoms with Crippen LogP contribution < -0.4 is 92.8 Å². The summed E-state index contributed by atoms with van der Waals surface area (Å²) in [5.74, 6) is 0. The SMILES string of the molecule is O=S(=O)([O-])NS(=O)(=O)[O-].[Na+].[Na+].[Na+]. The molecule has 0 rings (SSSR count). The number of rotatable bonds is 2. The smallest absolute Gasteiger partial charge is 0.735 e. The molecule has 0 aliphatic rings. The second kappa shape index (κ2) is 9.04. The molecule has 12 heavy (non-hydrogen) atoms. The Kier molecular flexibility index (Phi) is 18.2. The van der Waals surface area contributed by atoms with Crippen LogP contribution in [0.15, 0.2) is 0 Å². The van der Waals surface area contributed by atoms with Crippen LogP contribution >= 0.6 is 0 Å². The first-order valence-corrected chi connectivity index (χ1v) is 4.22. The molecule has 12 heteroatoms. The van der Waals surface area contributed by atoms with E-state index in [4.69, 9.17) is 0 Å². The van der Waals surface area contributed by atoms with Gasteiger partial charge in [-0.15, -0.1) is 4.13 Å². The first-order chi connectivity index (χ1) is 3.71. The molecule has 0 saturated heterocycles. The van der Waals surface area contributed by atoms with Gasteiger partial charge in [0.1, 0.15) is 0 Å². The standard InChI is InChI=1S/H3NO6S2.3Na/c2-8(3,4)1-9(5,6)7;;;/h1H,(H,2,3,4)(H,5,6,7);;;/q;3*+1/p-2. The molecule has 0 aliphatic carbocycles. The molecule has 0 saturated carbocycles. The van der Waals surface area contributed by atoms with Crippen LogP contribution in [0.4, 0.5) is 0 Å². The third-order valence-corrected chi connectivity index (χ3v) is 1.84. The molecule has 7 nitrogen and oxygen atoms in total. The van der Waals surface area contributed by atoms with Gasteiger partial charge < -0.3 is 9.11 Å². The minimum atomic E-state index is -5.18. The van der Waals surface area contributed by atoms with E-state index in [0.717, 1.165) is 0 Å². The largest absolute Gasteiger partial charge is 1.00 e. The molecule has 0 aromatic carbocycles. The Bertz CT molecular complexity index is 246. The normalized spacial score (nSPS) is 10.2. The van der Waals surface area contributed by atoms with Crippen LogP contribution in [0.25, 0.3) is 0 Å². The van der Waals surface area contributed by atoms with Gasteiger partial charge in [-0.25, -0.2) is 16.8 Å². The molecular formula is HNNa3O6S2+. The van der Waals surface area contributed by atoms with Crippen molar-refractivity contribution in [3.8, 4) is 0 Å². The third kappa shape index (κ3) is 23.0. The maximum absolute atomic E-state index is 9.40. The van der Waals surface area contributed by atoms with Crippen LogP contribution in [0.3, 0.4) is 0 Å². The van der Waals surface area contributed by atoms with Crippen LogP contribution in [0.2, 0.25) is 0 Å². The van der Waals surface area contributed by atoms with Crippen molar-refractivity contribution in [3.63, 3.8) is 0 Å². The molecule has 56 valence electrons. The van der Waals surface area contributed by atoms with Crippen molar-refractivity contribution in [1.82, 2.24) is 4.13 Å². The summed E-state index contributed by atoms with van der Waals surface area (Å²) in [6.07, 6.45) is 0. The molecule has 0 heterocycles. The van der Waals surface area contributed by atoms with Crippen LogP contribution in [0, 0.1) is 0 Å². The summed E-state index contributed by atoms with van der Waals surface area (Å²) in [4.78, 5) is 0. The molecule has 0 aromatic heterocycles. The van der Waals surface area contributed by atoms with Gasteiger partial charge in [-0.2, -0.15) is 0 Å². The maximum Gasteiger partial charge on any atom is 1.00 e. The molecule has 1 N–H and O–H groups in total. The Morgan fingerprint density at radius 2 is 0.917 bits per heavy atom. The first-order valence-electron chi connectivity index (χ1n) is 1.41. The van der Waals surface area contributed by atoms with Crippen molar-refractivity contribution in [2.45, 2.75) is 0 Å². The molecule has 0 fully saturated rings. The second-order valence-corrected chi connectivity index (χ2v) is 3.47. The average molecular weight is 244 g/mol. The van der Waals surface area contributed by atoms with E-state index in [1.165, 1.54) is 0 Å². The minimum Gasteiger partial charge on any atom is -0.735 e. The molecular weight excluding hydrogens is 243 g/mol. The Balaban J connectivity index is -0.000000107. The van der Waals surface area contributed by atoms with Gasteiger partial charge in [-0.3, -0.25) is 0 Å². The van der Waals surface area contributed by atoms with Gasteiger partial charge in [-0.1, -0.05) is 0 Å². The van der Waals surface area contributed by atoms with E-state index in [2.05, 4.69) is 0 Å². The predicted molar refractivity (Wildman–Crippen MR) is 22.5 cm³/mol. The van der Waals surface area contributed by atoms with E-state index < -0.39 is 20.6 Å². The average Bonchev–Trinajstić information content (AvgIpc) is 1.14. The van der Waals surface area contributed by atoms with Crippen molar-refractivity contribution in [1.29, 1.82) is 0 Å². The van der Waals surface area contributed by atoms with Gasteiger partial charge in [0.15, 0.2) is 20.6 Å². The fraction of sp³-hybridized carbons (Fsp3) is 0. The topological polar surface area (TPSA) is 126 Å². The molecule has 0 atom stereocenters. The van der Waals surface area contributed by atoms with E-state index in [0.29, 0.717) is 4.13 Å². The zero-order valence-electron chi connectivity index (χ0n) is 6.77. The van der Waals surface area contributed by atoms with Crippen molar-refractivity contribution < 1.29 is 115 Å². The van der Waals surface area contributed by atoms with Crippen LogP contribution in [-0.4, -0.2) is 25.9 Å². The van der Waals surface area contributed by atoms with Gasteiger partial charge in [0.25, 0.3) is 0 Å². The van der Waals surface area contributed by atoms with E-state index >= 15 is 0 Å². The summed E-state index contributed by atoms with van der Waals surface area (Å²) in [5.41, 5.74) is 0. The fourth-order valence-electron chi connectivity index (χ4n) is 0.125. The second-order valence-electron chi connectivity index (χ2n) is 0.992. The van der Waals surface area contributed by atoms with E-state index in [1.54, 1.807) is 0 Å². The molecule has 0 spiro atoms. The monoisotopic (exact) mass is 244 g/mol. The Hall–Kier alpha value is 2.78. The summed E-state index contributed by atoms with van der Waals surface area (Å²) in [7, 11) is -10.4. The van der Waals surface area contributed by atoms with Crippen molar-refractivity contribution >= 4 is 20.6 Å². The Morgan fingerprint density at radius 3 is 0.917 bits per heavy atom. The van der Waals surface area contributed by atoms with Crippen LogP contribution in [-0.2, 0) is 20.6 Å². The summed E-state index contributed by atoms with van der Waals surface area (Å²) < 4.78 is 56.7. The predicted octanol–water partition coefficient (Wildman–Crippen LogP) is -11.5.